The lowest BCUT2D eigenvalue weighted by Crippen LogP contribution is -2.17. The van der Waals surface area contributed by atoms with Crippen molar-refractivity contribution in [2.75, 3.05) is 5.75 Å². The Labute approximate surface area is 113 Å². The Kier molecular flexibility index (Phi) is 5.47. The van der Waals surface area contributed by atoms with Crippen LogP contribution >= 0.6 is 11.8 Å². The van der Waals surface area contributed by atoms with Crippen LogP contribution < -0.4 is 5.73 Å². The van der Waals surface area contributed by atoms with Crippen LogP contribution in [0.1, 0.15) is 37.2 Å². The normalized spacial score (nSPS) is 13.7. The van der Waals surface area contributed by atoms with E-state index in [1.165, 1.54) is 0 Å². The summed E-state index contributed by atoms with van der Waals surface area (Å²) in [5, 5.41) is 12.0. The first-order valence-electron chi connectivity index (χ1n) is 6.08. The van der Waals surface area contributed by atoms with E-state index in [0.29, 0.717) is 5.92 Å². The number of oxime groups is 1. The SMILES string of the molecule is CCC(C)CSc1cc(C)nc(C)c1/C(N)=N/O. The van der Waals surface area contributed by atoms with E-state index >= 15 is 0 Å². The van der Waals surface area contributed by atoms with Gasteiger partial charge in [0.1, 0.15) is 0 Å². The van der Waals surface area contributed by atoms with Gasteiger partial charge >= 0.3 is 0 Å². The highest BCUT2D eigenvalue weighted by atomic mass is 32.2. The zero-order valence-electron chi connectivity index (χ0n) is 11.4. The van der Waals surface area contributed by atoms with Gasteiger partial charge in [-0.15, -0.1) is 11.8 Å². The Balaban J connectivity index is 3.08. The van der Waals surface area contributed by atoms with Crippen LogP contribution in [0.3, 0.4) is 0 Å². The topological polar surface area (TPSA) is 71.5 Å². The van der Waals surface area contributed by atoms with E-state index in [4.69, 9.17) is 10.9 Å². The van der Waals surface area contributed by atoms with Gasteiger partial charge in [-0.3, -0.25) is 4.98 Å². The molecule has 0 radical (unpaired) electrons. The van der Waals surface area contributed by atoms with Gasteiger partial charge in [0.25, 0.3) is 0 Å². The second kappa shape index (κ2) is 6.64. The van der Waals surface area contributed by atoms with Crippen LogP contribution in [0.15, 0.2) is 16.1 Å². The summed E-state index contributed by atoms with van der Waals surface area (Å²) in [6.07, 6.45) is 1.15. The van der Waals surface area contributed by atoms with Crippen molar-refractivity contribution in [3.63, 3.8) is 0 Å². The predicted octanol–water partition coefficient (Wildman–Crippen LogP) is 2.93. The van der Waals surface area contributed by atoms with E-state index in [9.17, 15) is 0 Å². The van der Waals surface area contributed by atoms with Crippen LogP contribution in [0.2, 0.25) is 0 Å². The number of amidine groups is 1. The Bertz CT molecular complexity index is 446. The lowest BCUT2D eigenvalue weighted by Gasteiger charge is -2.13. The number of pyridine rings is 1. The minimum Gasteiger partial charge on any atom is -0.409 e. The molecule has 0 saturated carbocycles. The summed E-state index contributed by atoms with van der Waals surface area (Å²) in [5.41, 5.74) is 8.23. The molecule has 4 nitrogen and oxygen atoms in total. The number of rotatable bonds is 5. The summed E-state index contributed by atoms with van der Waals surface area (Å²) >= 11 is 1.74. The molecule has 100 valence electrons. The van der Waals surface area contributed by atoms with Gasteiger partial charge in [0.2, 0.25) is 0 Å². The molecule has 0 aliphatic rings. The van der Waals surface area contributed by atoms with Gasteiger partial charge in [-0.25, -0.2) is 0 Å². The summed E-state index contributed by atoms with van der Waals surface area (Å²) in [6.45, 7) is 8.24. The van der Waals surface area contributed by atoms with Gasteiger partial charge in [0, 0.05) is 22.0 Å². The Morgan fingerprint density at radius 3 is 2.78 bits per heavy atom. The number of thioether (sulfide) groups is 1. The number of hydrogen-bond acceptors (Lipinski definition) is 4. The monoisotopic (exact) mass is 267 g/mol. The van der Waals surface area contributed by atoms with Crippen LogP contribution in [0.25, 0.3) is 0 Å². The zero-order chi connectivity index (χ0) is 13.7. The third-order valence-corrected chi connectivity index (χ3v) is 4.25. The average molecular weight is 267 g/mol. The summed E-state index contributed by atoms with van der Waals surface area (Å²) in [5.74, 6) is 1.79. The van der Waals surface area contributed by atoms with Crippen molar-refractivity contribution in [2.24, 2.45) is 16.8 Å². The molecule has 1 unspecified atom stereocenters. The number of aryl methyl sites for hydroxylation is 2. The molecular formula is C13H21N3OS. The van der Waals surface area contributed by atoms with Crippen molar-refractivity contribution in [1.82, 2.24) is 4.98 Å². The maximum absolute atomic E-state index is 8.86. The molecular weight excluding hydrogens is 246 g/mol. The van der Waals surface area contributed by atoms with Crippen molar-refractivity contribution in [3.8, 4) is 0 Å². The van der Waals surface area contributed by atoms with Crippen LogP contribution in [-0.2, 0) is 0 Å². The molecule has 0 aliphatic heterocycles. The first kappa shape index (κ1) is 14.8. The fraction of sp³-hybridized carbons (Fsp3) is 0.538. The molecule has 3 N–H and O–H groups in total. The summed E-state index contributed by atoms with van der Waals surface area (Å²) in [4.78, 5) is 5.40. The predicted molar refractivity (Wildman–Crippen MR) is 76.4 cm³/mol. The molecule has 1 rings (SSSR count). The van der Waals surface area contributed by atoms with Crippen LogP contribution in [0, 0.1) is 19.8 Å². The Morgan fingerprint density at radius 1 is 1.56 bits per heavy atom. The average Bonchev–Trinajstić information content (AvgIpc) is 2.34. The summed E-state index contributed by atoms with van der Waals surface area (Å²) in [7, 11) is 0. The molecule has 1 heterocycles. The number of nitrogens with two attached hydrogens (primary N) is 1. The lowest BCUT2D eigenvalue weighted by molar-refractivity contribution is 0.318. The lowest BCUT2D eigenvalue weighted by atomic mass is 10.1. The van der Waals surface area contributed by atoms with Crippen molar-refractivity contribution in [1.29, 1.82) is 0 Å². The molecule has 0 fully saturated rings. The van der Waals surface area contributed by atoms with E-state index in [-0.39, 0.29) is 5.84 Å². The van der Waals surface area contributed by atoms with E-state index in [0.717, 1.165) is 34.0 Å². The van der Waals surface area contributed by atoms with Crippen LogP contribution in [-0.4, -0.2) is 21.8 Å². The summed E-state index contributed by atoms with van der Waals surface area (Å²) in [6, 6.07) is 1.99. The van der Waals surface area contributed by atoms with Crippen molar-refractivity contribution >= 4 is 17.6 Å². The van der Waals surface area contributed by atoms with Gasteiger partial charge in [-0.1, -0.05) is 25.4 Å². The molecule has 0 aromatic carbocycles. The molecule has 0 spiro atoms. The fourth-order valence-electron chi connectivity index (χ4n) is 1.62. The molecule has 0 bridgehead atoms. The molecule has 18 heavy (non-hydrogen) atoms. The van der Waals surface area contributed by atoms with E-state index in [2.05, 4.69) is 24.0 Å². The minimum absolute atomic E-state index is 0.131. The quantitative estimate of drug-likeness (QED) is 0.283. The van der Waals surface area contributed by atoms with Crippen LogP contribution in [0.5, 0.6) is 0 Å². The molecule has 0 amide bonds. The highest BCUT2D eigenvalue weighted by molar-refractivity contribution is 7.99. The summed E-state index contributed by atoms with van der Waals surface area (Å²) < 4.78 is 0. The highest BCUT2D eigenvalue weighted by Gasteiger charge is 2.14. The number of aromatic nitrogens is 1. The molecule has 1 aromatic rings. The van der Waals surface area contributed by atoms with Crippen molar-refractivity contribution < 1.29 is 5.21 Å². The zero-order valence-corrected chi connectivity index (χ0v) is 12.2. The second-order valence-corrected chi connectivity index (χ2v) is 5.59. The molecule has 0 aliphatic carbocycles. The maximum atomic E-state index is 8.86. The smallest absolute Gasteiger partial charge is 0.173 e. The Morgan fingerprint density at radius 2 is 2.22 bits per heavy atom. The largest absolute Gasteiger partial charge is 0.409 e. The van der Waals surface area contributed by atoms with E-state index in [1.807, 2.05) is 19.9 Å². The minimum atomic E-state index is 0.131. The second-order valence-electron chi connectivity index (χ2n) is 4.53. The first-order valence-corrected chi connectivity index (χ1v) is 7.07. The highest BCUT2D eigenvalue weighted by Crippen LogP contribution is 2.27. The van der Waals surface area contributed by atoms with Gasteiger partial charge in [0.15, 0.2) is 5.84 Å². The van der Waals surface area contributed by atoms with E-state index in [1.54, 1.807) is 11.8 Å². The third kappa shape index (κ3) is 3.63. The third-order valence-electron chi connectivity index (χ3n) is 2.88. The molecule has 5 heteroatoms. The number of nitrogens with zero attached hydrogens (tertiary/aromatic N) is 2. The number of hydrogen-bond donors (Lipinski definition) is 2. The van der Waals surface area contributed by atoms with Gasteiger partial charge < -0.3 is 10.9 Å². The standard InChI is InChI=1S/C13H21N3OS/c1-5-8(2)7-18-11-6-9(3)15-10(4)12(11)13(14)16-17/h6,8,17H,5,7H2,1-4H3,(H2,14,16). The van der Waals surface area contributed by atoms with Crippen molar-refractivity contribution in [3.05, 3.63) is 23.0 Å². The van der Waals surface area contributed by atoms with E-state index < -0.39 is 0 Å². The maximum Gasteiger partial charge on any atom is 0.173 e. The van der Waals surface area contributed by atoms with Gasteiger partial charge in [-0.05, 0) is 25.8 Å². The fourth-order valence-corrected chi connectivity index (χ4v) is 2.97. The van der Waals surface area contributed by atoms with Crippen molar-refractivity contribution in [2.45, 2.75) is 39.0 Å². The van der Waals surface area contributed by atoms with Crippen LogP contribution in [0.4, 0.5) is 0 Å². The molecule has 1 atom stereocenters. The molecule has 1 aromatic heterocycles. The van der Waals surface area contributed by atoms with Gasteiger partial charge in [-0.2, -0.15) is 0 Å². The van der Waals surface area contributed by atoms with Gasteiger partial charge in [0.05, 0.1) is 5.56 Å². The Hall–Kier alpha value is -1.23. The first-order chi connectivity index (χ1) is 8.49. The molecule has 0 saturated heterocycles.